The molecule has 3 atom stereocenters. The highest BCUT2D eigenvalue weighted by Gasteiger charge is 2.80. The third kappa shape index (κ3) is 1.74. The first kappa shape index (κ1) is 13.2. The Balaban J connectivity index is 1.93. The Kier molecular flexibility index (Phi) is 2.68. The van der Waals surface area contributed by atoms with Gasteiger partial charge in [-0.05, 0) is 26.3 Å². The lowest BCUT2D eigenvalue weighted by Crippen LogP contribution is -2.35. The first-order valence-corrected chi connectivity index (χ1v) is 6.83. The lowest BCUT2D eigenvalue weighted by Gasteiger charge is -2.22. The number of ether oxygens (including phenoxy) is 2. The second-order valence-electron chi connectivity index (χ2n) is 6.46. The van der Waals surface area contributed by atoms with Crippen LogP contribution in [0.2, 0.25) is 0 Å². The summed E-state index contributed by atoms with van der Waals surface area (Å²) in [4.78, 5) is 24.6. The molecule has 1 aromatic carbocycles. The molecule has 2 fully saturated rings. The van der Waals surface area contributed by atoms with Crippen molar-refractivity contribution in [3.05, 3.63) is 35.9 Å². The molecule has 0 unspecified atom stereocenters. The maximum absolute atomic E-state index is 12.5. The van der Waals surface area contributed by atoms with Crippen LogP contribution in [0.1, 0.15) is 32.3 Å². The summed E-state index contributed by atoms with van der Waals surface area (Å²) in [6, 6.07) is 9.64. The molecule has 4 nitrogen and oxygen atoms in total. The van der Waals surface area contributed by atoms with Gasteiger partial charge in [0.25, 0.3) is 0 Å². The average molecular weight is 274 g/mol. The number of carbonyl (C=O) groups excluding carboxylic acids is 2. The van der Waals surface area contributed by atoms with Crippen LogP contribution in [0.4, 0.5) is 0 Å². The minimum absolute atomic E-state index is 0.0905. The lowest BCUT2D eigenvalue weighted by molar-refractivity contribution is -0.168. The van der Waals surface area contributed by atoms with Crippen LogP contribution in [0.25, 0.3) is 0 Å². The highest BCUT2D eigenvalue weighted by atomic mass is 16.6. The molecule has 1 aromatic rings. The van der Waals surface area contributed by atoms with Crippen molar-refractivity contribution in [2.24, 2.45) is 11.3 Å². The second-order valence-corrected chi connectivity index (χ2v) is 6.46. The third-order valence-corrected chi connectivity index (χ3v) is 4.00. The molecule has 2 aliphatic rings. The van der Waals surface area contributed by atoms with Crippen molar-refractivity contribution in [3.63, 3.8) is 0 Å². The van der Waals surface area contributed by atoms with Gasteiger partial charge in [-0.1, -0.05) is 30.3 Å². The van der Waals surface area contributed by atoms with Crippen molar-refractivity contribution in [1.29, 1.82) is 0 Å². The fraction of sp³-hybridized carbons (Fsp3) is 0.500. The van der Waals surface area contributed by atoms with Crippen molar-refractivity contribution >= 4 is 11.9 Å². The van der Waals surface area contributed by atoms with Gasteiger partial charge in [-0.15, -0.1) is 0 Å². The van der Waals surface area contributed by atoms with E-state index in [-0.39, 0.29) is 11.8 Å². The van der Waals surface area contributed by atoms with E-state index in [1.165, 1.54) is 0 Å². The van der Waals surface area contributed by atoms with E-state index in [2.05, 4.69) is 0 Å². The molecule has 20 heavy (non-hydrogen) atoms. The molecule has 1 heterocycles. The van der Waals surface area contributed by atoms with Crippen molar-refractivity contribution in [3.8, 4) is 0 Å². The first-order valence-electron chi connectivity index (χ1n) is 6.83. The van der Waals surface area contributed by atoms with Gasteiger partial charge in [0.15, 0.2) is 5.41 Å². The lowest BCUT2D eigenvalue weighted by atomic mass is 9.99. The van der Waals surface area contributed by atoms with Gasteiger partial charge in [0, 0.05) is 11.8 Å². The van der Waals surface area contributed by atoms with Crippen molar-refractivity contribution in [2.75, 3.05) is 6.61 Å². The van der Waals surface area contributed by atoms with Gasteiger partial charge in [0.2, 0.25) is 0 Å². The Morgan fingerprint density at radius 3 is 2.55 bits per heavy atom. The smallest absolute Gasteiger partial charge is 0.325 e. The molecule has 0 spiro atoms. The minimum Gasteiger partial charge on any atom is -0.464 e. The number of hydrogen-bond acceptors (Lipinski definition) is 4. The number of benzene rings is 1. The number of fused-ring (bicyclic) bond motifs is 1. The molecule has 3 rings (SSSR count). The highest BCUT2D eigenvalue weighted by molar-refractivity contribution is 6.07. The highest BCUT2D eigenvalue weighted by Crippen LogP contribution is 2.69. The summed E-state index contributed by atoms with van der Waals surface area (Å²) in [6.45, 7) is 5.71. The topological polar surface area (TPSA) is 52.6 Å². The monoisotopic (exact) mass is 274 g/mol. The summed E-state index contributed by atoms with van der Waals surface area (Å²) in [6.07, 6.45) is 0. The summed E-state index contributed by atoms with van der Waals surface area (Å²) in [5.41, 5.74) is -0.724. The normalized spacial score (nSPS) is 31.4. The van der Waals surface area contributed by atoms with E-state index in [4.69, 9.17) is 9.47 Å². The van der Waals surface area contributed by atoms with Crippen LogP contribution in [0.3, 0.4) is 0 Å². The van der Waals surface area contributed by atoms with E-state index in [0.717, 1.165) is 5.56 Å². The van der Waals surface area contributed by atoms with Gasteiger partial charge in [-0.2, -0.15) is 0 Å². The van der Waals surface area contributed by atoms with Gasteiger partial charge in [0.1, 0.15) is 5.60 Å². The standard InChI is InChI=1S/C16H18O4/c1-15(2,3)20-14(18)16-11(9-19-13(16)17)12(16)10-7-5-4-6-8-10/h4-8,11-12H,9H2,1-3H3/t11-,12+,16-/m1/s1. The third-order valence-electron chi connectivity index (χ3n) is 4.00. The summed E-state index contributed by atoms with van der Waals surface area (Å²) in [5, 5.41) is 0. The summed E-state index contributed by atoms with van der Waals surface area (Å²) < 4.78 is 10.5. The summed E-state index contributed by atoms with van der Waals surface area (Å²) >= 11 is 0. The van der Waals surface area contributed by atoms with Crippen LogP contribution in [-0.2, 0) is 19.1 Å². The van der Waals surface area contributed by atoms with E-state index in [1.807, 2.05) is 30.3 Å². The molecule has 106 valence electrons. The molecular formula is C16H18O4. The molecule has 1 saturated heterocycles. The minimum atomic E-state index is -1.12. The SMILES string of the molecule is CC(C)(C)OC(=O)[C@]12C(=O)OC[C@@H]1[C@@H]2c1ccccc1. The number of cyclic esters (lactones) is 1. The van der Waals surface area contributed by atoms with Crippen LogP contribution in [0.5, 0.6) is 0 Å². The Morgan fingerprint density at radius 1 is 1.30 bits per heavy atom. The second kappa shape index (κ2) is 4.08. The zero-order chi connectivity index (χ0) is 14.5. The summed E-state index contributed by atoms with van der Waals surface area (Å²) in [5.74, 6) is -1.09. The van der Waals surface area contributed by atoms with Crippen LogP contribution in [0.15, 0.2) is 30.3 Å². The molecular weight excluding hydrogens is 256 g/mol. The molecule has 0 amide bonds. The Bertz CT molecular complexity index is 558. The van der Waals surface area contributed by atoms with Crippen LogP contribution >= 0.6 is 0 Å². The molecule has 0 radical (unpaired) electrons. The molecule has 1 aliphatic carbocycles. The largest absolute Gasteiger partial charge is 0.464 e. The zero-order valence-electron chi connectivity index (χ0n) is 11.9. The van der Waals surface area contributed by atoms with Gasteiger partial charge >= 0.3 is 11.9 Å². The predicted octanol–water partition coefficient (Wildman–Crippen LogP) is 2.28. The van der Waals surface area contributed by atoms with E-state index >= 15 is 0 Å². The zero-order valence-corrected chi connectivity index (χ0v) is 11.9. The Labute approximate surface area is 118 Å². The number of hydrogen-bond donors (Lipinski definition) is 0. The predicted molar refractivity (Wildman–Crippen MR) is 71.9 cm³/mol. The number of carbonyl (C=O) groups is 2. The van der Waals surface area contributed by atoms with Crippen LogP contribution in [0, 0.1) is 11.3 Å². The molecule has 1 aliphatic heterocycles. The van der Waals surface area contributed by atoms with Gasteiger partial charge in [-0.25, -0.2) is 0 Å². The fourth-order valence-electron chi connectivity index (χ4n) is 3.13. The van der Waals surface area contributed by atoms with Crippen molar-refractivity contribution < 1.29 is 19.1 Å². The van der Waals surface area contributed by atoms with Gasteiger partial charge < -0.3 is 9.47 Å². The van der Waals surface area contributed by atoms with E-state index in [1.54, 1.807) is 20.8 Å². The van der Waals surface area contributed by atoms with Gasteiger partial charge in [-0.3, -0.25) is 9.59 Å². The average Bonchev–Trinajstić information content (AvgIpc) is 2.94. The molecule has 0 N–H and O–H groups in total. The Morgan fingerprint density at radius 2 is 1.95 bits per heavy atom. The molecule has 4 heteroatoms. The van der Waals surface area contributed by atoms with Crippen molar-refractivity contribution in [2.45, 2.75) is 32.3 Å². The Hall–Kier alpha value is -1.84. The molecule has 1 saturated carbocycles. The summed E-state index contributed by atoms with van der Waals surface area (Å²) in [7, 11) is 0. The number of esters is 2. The van der Waals surface area contributed by atoms with E-state index < -0.39 is 23.0 Å². The maximum atomic E-state index is 12.5. The van der Waals surface area contributed by atoms with Crippen molar-refractivity contribution in [1.82, 2.24) is 0 Å². The van der Waals surface area contributed by atoms with E-state index in [0.29, 0.717) is 6.61 Å². The van der Waals surface area contributed by atoms with Gasteiger partial charge in [0.05, 0.1) is 6.61 Å². The van der Waals surface area contributed by atoms with Crippen LogP contribution < -0.4 is 0 Å². The fourth-order valence-corrected chi connectivity index (χ4v) is 3.13. The molecule has 0 aromatic heterocycles. The van der Waals surface area contributed by atoms with E-state index in [9.17, 15) is 9.59 Å². The number of rotatable bonds is 2. The maximum Gasteiger partial charge on any atom is 0.325 e. The quantitative estimate of drug-likeness (QED) is 0.613. The first-order chi connectivity index (χ1) is 9.37. The molecule has 0 bridgehead atoms. The van der Waals surface area contributed by atoms with Crippen LogP contribution in [-0.4, -0.2) is 24.1 Å².